The van der Waals surface area contributed by atoms with Crippen molar-refractivity contribution >= 4 is 41.3 Å². The third-order valence-corrected chi connectivity index (χ3v) is 4.27. The highest BCUT2D eigenvalue weighted by molar-refractivity contribution is 14.0. The summed E-state index contributed by atoms with van der Waals surface area (Å²) in [5, 5.41) is 9.99. The molecule has 0 atom stereocenters. The zero-order chi connectivity index (χ0) is 16.3. The number of aryl methyl sites for hydroxylation is 2. The van der Waals surface area contributed by atoms with Gasteiger partial charge in [0.25, 0.3) is 0 Å². The largest absolute Gasteiger partial charge is 0.357 e. The second-order valence-electron chi connectivity index (χ2n) is 5.28. The fourth-order valence-corrected chi connectivity index (χ4v) is 2.94. The first-order valence-electron chi connectivity index (χ1n) is 8.11. The van der Waals surface area contributed by atoms with Crippen LogP contribution in [0, 0.1) is 6.92 Å². The molecule has 0 radical (unpaired) electrons. The molecule has 2 heterocycles. The average molecular weight is 459 g/mol. The first-order valence-corrected chi connectivity index (χ1v) is 8.99. The number of aliphatic imine (C=N–C) groups is 1. The van der Waals surface area contributed by atoms with Gasteiger partial charge in [-0.05, 0) is 45.2 Å². The first-order chi connectivity index (χ1) is 11.3. The summed E-state index contributed by atoms with van der Waals surface area (Å²) in [5.41, 5.74) is 2.10. The number of thiazole rings is 1. The van der Waals surface area contributed by atoms with Crippen molar-refractivity contribution in [3.63, 3.8) is 0 Å². The summed E-state index contributed by atoms with van der Waals surface area (Å²) in [7, 11) is 0. The first kappa shape index (κ1) is 20.8. The second-order valence-corrected chi connectivity index (χ2v) is 6.23. The lowest BCUT2D eigenvalue weighted by molar-refractivity contribution is 0.692. The van der Waals surface area contributed by atoms with Crippen LogP contribution in [-0.2, 0) is 13.0 Å². The lowest BCUT2D eigenvalue weighted by Gasteiger charge is -2.10. The number of guanidine groups is 1. The quantitative estimate of drug-likeness (QED) is 0.274. The van der Waals surface area contributed by atoms with Gasteiger partial charge in [-0.15, -0.1) is 35.3 Å². The Hall–Kier alpha value is -1.22. The number of unbranched alkanes of at least 4 members (excludes halogenated alkanes) is 1. The number of rotatable bonds is 8. The number of hydrogen-bond acceptors (Lipinski definition) is 4. The third kappa shape index (κ3) is 8.05. The lowest BCUT2D eigenvalue weighted by Crippen LogP contribution is -2.37. The summed E-state index contributed by atoms with van der Waals surface area (Å²) in [6.07, 6.45) is 5.10. The van der Waals surface area contributed by atoms with Crippen LogP contribution in [0.5, 0.6) is 0 Å². The van der Waals surface area contributed by atoms with Crippen LogP contribution in [0.1, 0.15) is 36.2 Å². The fourth-order valence-electron chi connectivity index (χ4n) is 2.12. The van der Waals surface area contributed by atoms with Crippen molar-refractivity contribution in [2.75, 3.05) is 13.1 Å². The van der Waals surface area contributed by atoms with Crippen molar-refractivity contribution in [3.05, 3.63) is 46.2 Å². The smallest absolute Gasteiger partial charge is 0.191 e. The molecule has 5 nitrogen and oxygen atoms in total. The molecule has 7 heteroatoms. The van der Waals surface area contributed by atoms with Gasteiger partial charge in [-0.3, -0.25) is 4.98 Å². The third-order valence-electron chi connectivity index (χ3n) is 3.25. The van der Waals surface area contributed by atoms with E-state index in [1.165, 1.54) is 5.01 Å². The van der Waals surface area contributed by atoms with Crippen LogP contribution in [-0.4, -0.2) is 29.0 Å². The van der Waals surface area contributed by atoms with Gasteiger partial charge in [-0.25, -0.2) is 9.98 Å². The van der Waals surface area contributed by atoms with Gasteiger partial charge < -0.3 is 10.6 Å². The van der Waals surface area contributed by atoms with E-state index in [2.05, 4.69) is 37.9 Å². The molecule has 132 valence electrons. The van der Waals surface area contributed by atoms with Crippen LogP contribution in [0.2, 0.25) is 0 Å². The Morgan fingerprint density at radius 2 is 2.12 bits per heavy atom. The summed E-state index contributed by atoms with van der Waals surface area (Å²) >= 11 is 1.75. The Balaban J connectivity index is 0.00000288. The van der Waals surface area contributed by atoms with Crippen LogP contribution in [0.3, 0.4) is 0 Å². The van der Waals surface area contributed by atoms with E-state index >= 15 is 0 Å². The predicted octanol–water partition coefficient (Wildman–Crippen LogP) is 3.54. The highest BCUT2D eigenvalue weighted by Gasteiger charge is 2.00. The lowest BCUT2D eigenvalue weighted by atomic mass is 10.2. The van der Waals surface area contributed by atoms with Crippen LogP contribution in [0.15, 0.2) is 34.8 Å². The zero-order valence-corrected chi connectivity index (χ0v) is 17.4. The minimum Gasteiger partial charge on any atom is -0.357 e. The molecule has 2 N–H and O–H groups in total. The van der Waals surface area contributed by atoms with E-state index in [0.29, 0.717) is 6.54 Å². The van der Waals surface area contributed by atoms with E-state index in [0.717, 1.165) is 49.7 Å². The number of halogens is 1. The molecule has 0 unspecified atom stereocenters. The van der Waals surface area contributed by atoms with Gasteiger partial charge in [0.05, 0.1) is 17.2 Å². The molecule has 0 aliphatic heterocycles. The predicted molar refractivity (Wildman–Crippen MR) is 112 cm³/mol. The van der Waals surface area contributed by atoms with Crippen molar-refractivity contribution in [2.45, 2.75) is 39.7 Å². The molecule has 0 bridgehead atoms. The Morgan fingerprint density at radius 1 is 1.25 bits per heavy atom. The molecule has 0 aliphatic carbocycles. The Kier molecular flexibility index (Phi) is 10.6. The van der Waals surface area contributed by atoms with E-state index < -0.39 is 0 Å². The molecule has 0 fully saturated rings. The molecular weight excluding hydrogens is 433 g/mol. The molecule has 0 saturated heterocycles. The van der Waals surface area contributed by atoms with Crippen molar-refractivity contribution in [1.82, 2.24) is 20.6 Å². The number of nitrogens with zero attached hydrogens (tertiary/aromatic N) is 3. The summed E-state index contributed by atoms with van der Waals surface area (Å²) in [6.45, 7) is 6.48. The van der Waals surface area contributed by atoms with Crippen LogP contribution in [0.25, 0.3) is 0 Å². The normalized spacial score (nSPS) is 11.0. The maximum absolute atomic E-state index is 4.56. The molecule has 0 saturated carbocycles. The van der Waals surface area contributed by atoms with Crippen molar-refractivity contribution in [3.8, 4) is 0 Å². The van der Waals surface area contributed by atoms with E-state index in [1.807, 2.05) is 25.1 Å². The molecular formula is C17H26IN5S. The molecule has 0 aromatic carbocycles. The molecule has 0 aliphatic rings. The Morgan fingerprint density at radius 3 is 2.79 bits per heavy atom. The van der Waals surface area contributed by atoms with E-state index in [9.17, 15) is 0 Å². The van der Waals surface area contributed by atoms with E-state index in [-0.39, 0.29) is 24.0 Å². The van der Waals surface area contributed by atoms with Crippen LogP contribution >= 0.6 is 35.3 Å². The molecule has 2 aromatic rings. The van der Waals surface area contributed by atoms with Gasteiger partial charge >= 0.3 is 0 Å². The average Bonchev–Trinajstić information content (AvgIpc) is 2.98. The van der Waals surface area contributed by atoms with Crippen LogP contribution in [0.4, 0.5) is 0 Å². The van der Waals surface area contributed by atoms with Crippen molar-refractivity contribution in [1.29, 1.82) is 0 Å². The summed E-state index contributed by atoms with van der Waals surface area (Å²) < 4.78 is 0. The zero-order valence-electron chi connectivity index (χ0n) is 14.3. The van der Waals surface area contributed by atoms with Crippen molar-refractivity contribution < 1.29 is 0 Å². The topological polar surface area (TPSA) is 62.2 Å². The Labute approximate surface area is 165 Å². The van der Waals surface area contributed by atoms with Gasteiger partial charge in [0.2, 0.25) is 0 Å². The highest BCUT2D eigenvalue weighted by atomic mass is 127. The number of hydrogen-bond donors (Lipinski definition) is 2. The van der Waals surface area contributed by atoms with Gasteiger partial charge in [0.1, 0.15) is 0 Å². The van der Waals surface area contributed by atoms with Gasteiger partial charge in [0, 0.05) is 30.4 Å². The minimum atomic E-state index is 0. The maximum Gasteiger partial charge on any atom is 0.191 e. The van der Waals surface area contributed by atoms with Gasteiger partial charge in [0.15, 0.2) is 5.96 Å². The SMILES string of the molecule is CCNC(=NCc1ccccn1)NCCCCc1nc(C)cs1.I. The second kappa shape index (κ2) is 12.2. The minimum absolute atomic E-state index is 0. The standard InChI is InChI=1S/C17H25N5S.HI/c1-3-18-17(21-12-15-8-4-6-10-19-15)20-11-7-5-9-16-22-14(2)13-23-16;/h4,6,8,10,13H,3,5,7,9,11-12H2,1-2H3,(H2,18,20,21);1H. The molecule has 2 rings (SSSR count). The van der Waals surface area contributed by atoms with Crippen LogP contribution < -0.4 is 10.6 Å². The summed E-state index contributed by atoms with van der Waals surface area (Å²) in [5.74, 6) is 0.850. The monoisotopic (exact) mass is 459 g/mol. The summed E-state index contributed by atoms with van der Waals surface area (Å²) in [4.78, 5) is 13.3. The number of nitrogens with one attached hydrogen (secondary N) is 2. The van der Waals surface area contributed by atoms with Gasteiger partial charge in [-0.2, -0.15) is 0 Å². The van der Waals surface area contributed by atoms with E-state index in [1.54, 1.807) is 17.5 Å². The Bertz CT molecular complexity index is 600. The fraction of sp³-hybridized carbons (Fsp3) is 0.471. The molecule has 0 amide bonds. The molecule has 0 spiro atoms. The number of aromatic nitrogens is 2. The van der Waals surface area contributed by atoms with E-state index in [4.69, 9.17) is 0 Å². The number of pyridine rings is 1. The summed E-state index contributed by atoms with van der Waals surface area (Å²) in [6, 6.07) is 5.89. The molecule has 2 aromatic heterocycles. The van der Waals surface area contributed by atoms with Crippen molar-refractivity contribution in [2.24, 2.45) is 4.99 Å². The highest BCUT2D eigenvalue weighted by Crippen LogP contribution is 2.11. The maximum atomic E-state index is 4.56. The van der Waals surface area contributed by atoms with Gasteiger partial charge in [-0.1, -0.05) is 6.07 Å². The molecule has 24 heavy (non-hydrogen) atoms.